The van der Waals surface area contributed by atoms with Crippen molar-refractivity contribution in [1.82, 2.24) is 0 Å². The van der Waals surface area contributed by atoms with E-state index in [-0.39, 0.29) is 32.9 Å². The van der Waals surface area contributed by atoms with Gasteiger partial charge in [-0.1, -0.05) is 14.9 Å². The van der Waals surface area contributed by atoms with Gasteiger partial charge in [-0.25, -0.2) is 13.1 Å². The Balaban J connectivity index is 0.000000479. The van der Waals surface area contributed by atoms with E-state index in [1.165, 1.54) is 12.1 Å². The molecule has 0 bridgehead atoms. The molecule has 1 aliphatic heterocycles. The summed E-state index contributed by atoms with van der Waals surface area (Å²) >= 11 is 0. The van der Waals surface area contributed by atoms with E-state index in [9.17, 15) is 0 Å². The normalized spacial score (nSPS) is 12.1. The molecule has 2 aromatic carbocycles. The van der Waals surface area contributed by atoms with Crippen molar-refractivity contribution in [3.05, 3.63) is 70.4 Å². The van der Waals surface area contributed by atoms with Gasteiger partial charge in [0.15, 0.2) is 23.0 Å². The number of hydrogen-bond acceptors (Lipinski definition) is 4. The van der Waals surface area contributed by atoms with Crippen LogP contribution in [0.15, 0.2) is 36.4 Å². The Hall–Kier alpha value is -3.38. The number of ether oxygens (including phenoxy) is 2. The van der Waals surface area contributed by atoms with E-state index in [0.29, 0.717) is 12.1 Å². The van der Waals surface area contributed by atoms with Crippen molar-refractivity contribution in [2.45, 2.75) is 47.6 Å². The predicted molar refractivity (Wildman–Crippen MR) is 106 cm³/mol. The van der Waals surface area contributed by atoms with E-state index in [2.05, 4.69) is 9.69 Å². The number of hydrogen-bond donors (Lipinski definition) is 2. The molecule has 0 saturated carbocycles. The summed E-state index contributed by atoms with van der Waals surface area (Å²) in [6.07, 6.45) is 0. The van der Waals surface area contributed by atoms with Gasteiger partial charge in [0.05, 0.1) is 0 Å². The highest BCUT2D eigenvalue weighted by Crippen LogP contribution is 2.39. The first-order valence-corrected chi connectivity index (χ1v) is 7.53. The molecule has 144 valence electrons. The highest BCUT2D eigenvalue weighted by molar-refractivity contribution is 5.46. The SMILES string of the molecule is C.C.[C-]#[N+]Cc1ccc(O)c(O)c1.[C-]#[N+]Cc1ccc2c(c1)OC(C)(C)O2. The molecule has 0 saturated heterocycles. The van der Waals surface area contributed by atoms with Crippen LogP contribution in [0.5, 0.6) is 23.0 Å². The van der Waals surface area contributed by atoms with Crippen LogP contribution in [-0.2, 0) is 13.1 Å². The molecule has 1 heterocycles. The summed E-state index contributed by atoms with van der Waals surface area (Å²) in [5.74, 6) is 0.573. The molecular weight excluding hydrogens is 344 g/mol. The van der Waals surface area contributed by atoms with Crippen molar-refractivity contribution in [3.8, 4) is 23.0 Å². The highest BCUT2D eigenvalue weighted by atomic mass is 16.7. The number of phenols is 2. The van der Waals surface area contributed by atoms with Crippen LogP contribution >= 0.6 is 0 Å². The maximum atomic E-state index is 8.97. The first-order valence-electron chi connectivity index (χ1n) is 7.53. The smallest absolute Gasteiger partial charge is 0.246 e. The van der Waals surface area contributed by atoms with Crippen LogP contribution in [0.3, 0.4) is 0 Å². The maximum absolute atomic E-state index is 8.97. The molecule has 0 aliphatic carbocycles. The van der Waals surface area contributed by atoms with Gasteiger partial charge in [0.25, 0.3) is 0 Å². The Labute approximate surface area is 161 Å². The van der Waals surface area contributed by atoms with E-state index in [0.717, 1.165) is 17.1 Å². The van der Waals surface area contributed by atoms with Crippen molar-refractivity contribution in [2.75, 3.05) is 0 Å². The van der Waals surface area contributed by atoms with E-state index >= 15 is 0 Å². The standard InChI is InChI=1S/C11H11NO2.C8H7NO2.2CH4/c1-11(2)13-9-5-4-8(7-12-3)6-10(9)14-11;1-9-5-6-2-3-7(10)8(11)4-6;;/h4-6H,7H2,1-2H3;2-4,10-11H,5H2;2*1H4. The van der Waals surface area contributed by atoms with Crippen LogP contribution in [0.4, 0.5) is 0 Å². The number of aromatic hydroxyl groups is 2. The number of rotatable bonds is 2. The average Bonchev–Trinajstić information content (AvgIpc) is 2.85. The quantitative estimate of drug-likeness (QED) is 0.548. The van der Waals surface area contributed by atoms with Gasteiger partial charge >= 0.3 is 0 Å². The van der Waals surface area contributed by atoms with Crippen LogP contribution in [0.1, 0.15) is 39.8 Å². The lowest BCUT2D eigenvalue weighted by Crippen LogP contribution is -2.29. The van der Waals surface area contributed by atoms with Crippen LogP contribution in [0, 0.1) is 13.1 Å². The van der Waals surface area contributed by atoms with Crippen molar-refractivity contribution in [3.63, 3.8) is 0 Å². The second-order valence-electron chi connectivity index (χ2n) is 5.84. The lowest BCUT2D eigenvalue weighted by molar-refractivity contribution is -0.0431. The molecule has 0 unspecified atom stereocenters. The van der Waals surface area contributed by atoms with Crippen molar-refractivity contribution < 1.29 is 19.7 Å². The molecule has 0 fully saturated rings. The predicted octanol–water partition coefficient (Wildman–Crippen LogP) is 5.40. The average molecular weight is 370 g/mol. The second-order valence-corrected chi connectivity index (χ2v) is 5.84. The van der Waals surface area contributed by atoms with Gasteiger partial charge in [0, 0.05) is 25.0 Å². The molecule has 0 amide bonds. The third-order valence-electron chi connectivity index (χ3n) is 3.28. The number of fused-ring (bicyclic) bond motifs is 1. The fraction of sp³-hybridized carbons (Fsp3) is 0.333. The van der Waals surface area contributed by atoms with E-state index in [1.807, 2.05) is 32.0 Å². The molecule has 0 spiro atoms. The van der Waals surface area contributed by atoms with Gasteiger partial charge in [-0.3, -0.25) is 0 Å². The molecule has 27 heavy (non-hydrogen) atoms. The Kier molecular flexibility index (Phi) is 8.69. The van der Waals surface area contributed by atoms with Crippen molar-refractivity contribution in [1.29, 1.82) is 0 Å². The Morgan fingerprint density at radius 2 is 1.33 bits per heavy atom. The second kappa shape index (κ2) is 9.94. The van der Waals surface area contributed by atoms with Gasteiger partial charge in [0.2, 0.25) is 18.9 Å². The zero-order chi connectivity index (χ0) is 18.4. The Morgan fingerprint density at radius 3 is 1.89 bits per heavy atom. The molecule has 0 aromatic heterocycles. The molecular formula is C21H26N2O4. The van der Waals surface area contributed by atoms with E-state index < -0.39 is 5.79 Å². The van der Waals surface area contributed by atoms with Crippen LogP contribution in [-0.4, -0.2) is 16.0 Å². The molecule has 6 nitrogen and oxygen atoms in total. The molecule has 1 aliphatic rings. The lowest BCUT2D eigenvalue weighted by Gasteiger charge is -2.16. The van der Waals surface area contributed by atoms with Gasteiger partial charge < -0.3 is 29.4 Å². The minimum absolute atomic E-state index is 0. The van der Waals surface area contributed by atoms with Crippen molar-refractivity contribution >= 4 is 0 Å². The summed E-state index contributed by atoms with van der Waals surface area (Å²) in [5.41, 5.74) is 1.66. The fourth-order valence-electron chi connectivity index (χ4n) is 2.22. The van der Waals surface area contributed by atoms with Gasteiger partial charge in [-0.15, -0.1) is 0 Å². The minimum atomic E-state index is -0.584. The molecule has 2 N–H and O–H groups in total. The topological polar surface area (TPSA) is 67.6 Å². The zero-order valence-electron chi connectivity index (χ0n) is 14.0. The summed E-state index contributed by atoms with van der Waals surface area (Å²) in [4.78, 5) is 6.46. The third-order valence-corrected chi connectivity index (χ3v) is 3.28. The summed E-state index contributed by atoms with van der Waals surface area (Å²) in [7, 11) is 0. The van der Waals surface area contributed by atoms with Gasteiger partial charge in [-0.2, -0.15) is 0 Å². The van der Waals surface area contributed by atoms with Crippen LogP contribution in [0.25, 0.3) is 9.69 Å². The number of nitrogens with zero attached hydrogens (tertiary/aromatic N) is 2. The van der Waals surface area contributed by atoms with Gasteiger partial charge in [-0.05, 0) is 36.4 Å². The Bertz CT molecular complexity index is 848. The lowest BCUT2D eigenvalue weighted by atomic mass is 10.2. The monoisotopic (exact) mass is 370 g/mol. The van der Waals surface area contributed by atoms with Crippen LogP contribution in [0.2, 0.25) is 0 Å². The first kappa shape index (κ1) is 23.6. The van der Waals surface area contributed by atoms with Crippen molar-refractivity contribution in [2.24, 2.45) is 0 Å². The molecule has 6 heteroatoms. The first-order chi connectivity index (χ1) is 11.8. The molecule has 3 rings (SSSR count). The number of benzene rings is 2. The van der Waals surface area contributed by atoms with E-state index in [1.54, 1.807) is 6.07 Å². The molecule has 0 radical (unpaired) electrons. The number of phenolic OH excluding ortho intramolecular Hbond substituents is 2. The van der Waals surface area contributed by atoms with E-state index in [4.69, 9.17) is 32.8 Å². The Morgan fingerprint density at radius 1 is 0.815 bits per heavy atom. The summed E-state index contributed by atoms with van der Waals surface area (Å²) in [6, 6.07) is 9.96. The summed E-state index contributed by atoms with van der Waals surface area (Å²) in [6.45, 7) is 17.7. The van der Waals surface area contributed by atoms with Gasteiger partial charge in [0.1, 0.15) is 0 Å². The van der Waals surface area contributed by atoms with Crippen LogP contribution < -0.4 is 9.47 Å². The summed E-state index contributed by atoms with van der Waals surface area (Å²) in [5, 5.41) is 17.9. The maximum Gasteiger partial charge on any atom is 0.246 e. The zero-order valence-corrected chi connectivity index (χ0v) is 14.0. The third kappa shape index (κ3) is 6.45. The summed E-state index contributed by atoms with van der Waals surface area (Å²) < 4.78 is 11.1. The molecule has 2 aromatic rings. The largest absolute Gasteiger partial charge is 0.504 e. The highest BCUT2D eigenvalue weighted by Gasteiger charge is 2.31. The molecule has 0 atom stereocenters. The minimum Gasteiger partial charge on any atom is -0.504 e. The fourth-order valence-corrected chi connectivity index (χ4v) is 2.22.